The highest BCUT2D eigenvalue weighted by atomic mass is 35.5. The predicted molar refractivity (Wildman–Crippen MR) is 89.2 cm³/mol. The van der Waals surface area contributed by atoms with Crippen LogP contribution < -0.4 is 0 Å². The molecule has 3 rings (SSSR count). The number of carbonyl (C=O) groups is 1. The highest BCUT2D eigenvalue weighted by Gasteiger charge is 2.19. The van der Waals surface area contributed by atoms with Crippen molar-refractivity contribution < 1.29 is 4.79 Å². The highest BCUT2D eigenvalue weighted by Crippen LogP contribution is 2.25. The molecule has 0 saturated heterocycles. The first kappa shape index (κ1) is 14.8. The summed E-state index contributed by atoms with van der Waals surface area (Å²) in [6.07, 6.45) is 1.57. The molecule has 0 unspecified atom stereocenters. The van der Waals surface area contributed by atoms with Gasteiger partial charge in [-0.15, -0.1) is 11.3 Å². The van der Waals surface area contributed by atoms with E-state index in [1.807, 2.05) is 42.5 Å². The van der Waals surface area contributed by atoms with E-state index in [1.54, 1.807) is 18.1 Å². The lowest BCUT2D eigenvalue weighted by molar-refractivity contribution is 0.0787. The molecule has 0 atom stereocenters. The summed E-state index contributed by atoms with van der Waals surface area (Å²) in [5.74, 6) is -0.0721. The van der Waals surface area contributed by atoms with E-state index in [4.69, 9.17) is 11.6 Å². The molecule has 1 N–H and O–H groups in total. The Morgan fingerprint density at radius 1 is 1.27 bits per heavy atom. The van der Waals surface area contributed by atoms with E-state index in [-0.39, 0.29) is 5.91 Å². The van der Waals surface area contributed by atoms with E-state index < -0.39 is 0 Å². The number of benzene rings is 1. The standard InChI is InChI=1S/C16H14ClN3OS/c1-20(10-12-7-8-14(17)22-12)16(21)13-9-18-19-15(13)11-5-3-2-4-6-11/h2-9H,10H2,1H3,(H,18,19). The van der Waals surface area contributed by atoms with Gasteiger partial charge in [-0.2, -0.15) is 5.10 Å². The fourth-order valence-electron chi connectivity index (χ4n) is 2.22. The minimum Gasteiger partial charge on any atom is -0.336 e. The molecular weight excluding hydrogens is 318 g/mol. The van der Waals surface area contributed by atoms with E-state index in [0.717, 1.165) is 20.5 Å². The second-order valence-corrected chi connectivity index (χ2v) is 6.69. The molecule has 3 aromatic rings. The van der Waals surface area contributed by atoms with Crippen LogP contribution in [0.5, 0.6) is 0 Å². The van der Waals surface area contributed by atoms with Crippen molar-refractivity contribution in [3.63, 3.8) is 0 Å². The smallest absolute Gasteiger partial charge is 0.257 e. The zero-order chi connectivity index (χ0) is 15.5. The summed E-state index contributed by atoms with van der Waals surface area (Å²) in [5, 5.41) is 6.93. The van der Waals surface area contributed by atoms with Gasteiger partial charge in [0.1, 0.15) is 0 Å². The van der Waals surface area contributed by atoms with Gasteiger partial charge in [-0.3, -0.25) is 9.89 Å². The number of hydrogen-bond acceptors (Lipinski definition) is 3. The number of hydrogen-bond donors (Lipinski definition) is 1. The normalized spacial score (nSPS) is 10.6. The Hall–Kier alpha value is -2.11. The number of amides is 1. The van der Waals surface area contributed by atoms with Crippen LogP contribution in [0, 0.1) is 0 Å². The van der Waals surface area contributed by atoms with Gasteiger partial charge in [-0.1, -0.05) is 41.9 Å². The van der Waals surface area contributed by atoms with E-state index in [0.29, 0.717) is 12.1 Å². The summed E-state index contributed by atoms with van der Waals surface area (Å²) in [7, 11) is 1.78. The summed E-state index contributed by atoms with van der Waals surface area (Å²) in [5.41, 5.74) is 2.24. The van der Waals surface area contributed by atoms with Gasteiger partial charge in [0.05, 0.1) is 28.3 Å². The van der Waals surface area contributed by atoms with Crippen LogP contribution in [-0.4, -0.2) is 28.1 Å². The number of nitrogens with one attached hydrogen (secondary N) is 1. The van der Waals surface area contributed by atoms with Crippen molar-refractivity contribution in [2.24, 2.45) is 0 Å². The second-order valence-electron chi connectivity index (χ2n) is 4.89. The first-order valence-corrected chi connectivity index (χ1v) is 7.93. The van der Waals surface area contributed by atoms with Gasteiger partial charge in [-0.25, -0.2) is 0 Å². The van der Waals surface area contributed by atoms with Gasteiger partial charge in [0.2, 0.25) is 0 Å². The van der Waals surface area contributed by atoms with Crippen molar-refractivity contribution in [1.29, 1.82) is 0 Å². The molecule has 0 aliphatic heterocycles. The number of nitrogens with zero attached hydrogens (tertiary/aromatic N) is 2. The van der Waals surface area contributed by atoms with Gasteiger partial charge < -0.3 is 4.90 Å². The van der Waals surface area contributed by atoms with Crippen molar-refractivity contribution >= 4 is 28.8 Å². The SMILES string of the molecule is CN(Cc1ccc(Cl)s1)C(=O)c1cn[nH]c1-c1ccccc1. The third-order valence-electron chi connectivity index (χ3n) is 3.30. The lowest BCUT2D eigenvalue weighted by Gasteiger charge is -2.16. The molecule has 0 fully saturated rings. The summed E-state index contributed by atoms with van der Waals surface area (Å²) in [6, 6.07) is 13.5. The van der Waals surface area contributed by atoms with E-state index in [9.17, 15) is 4.79 Å². The average Bonchev–Trinajstić information content (AvgIpc) is 3.16. The van der Waals surface area contributed by atoms with Crippen LogP contribution in [0.25, 0.3) is 11.3 Å². The van der Waals surface area contributed by atoms with Crippen LogP contribution in [0.4, 0.5) is 0 Å². The highest BCUT2D eigenvalue weighted by molar-refractivity contribution is 7.16. The maximum absolute atomic E-state index is 12.6. The monoisotopic (exact) mass is 331 g/mol. The van der Waals surface area contributed by atoms with Crippen molar-refractivity contribution in [3.8, 4) is 11.3 Å². The maximum atomic E-state index is 12.6. The summed E-state index contributed by atoms with van der Waals surface area (Å²) in [6.45, 7) is 0.523. The number of H-pyrrole nitrogens is 1. The Balaban J connectivity index is 1.82. The summed E-state index contributed by atoms with van der Waals surface area (Å²) in [4.78, 5) is 15.4. The van der Waals surface area contributed by atoms with Gasteiger partial charge >= 0.3 is 0 Å². The first-order chi connectivity index (χ1) is 10.6. The number of halogens is 1. The molecule has 0 bridgehead atoms. The molecule has 0 saturated carbocycles. The summed E-state index contributed by atoms with van der Waals surface area (Å²) >= 11 is 7.41. The molecule has 4 nitrogen and oxygen atoms in total. The van der Waals surface area contributed by atoms with Crippen LogP contribution in [0.3, 0.4) is 0 Å². The number of aromatic nitrogens is 2. The predicted octanol–water partition coefficient (Wildman–Crippen LogP) is 4.06. The molecule has 0 radical (unpaired) electrons. The molecule has 0 aliphatic carbocycles. The van der Waals surface area contributed by atoms with Crippen molar-refractivity contribution in [2.75, 3.05) is 7.05 Å². The first-order valence-electron chi connectivity index (χ1n) is 6.73. The second kappa shape index (κ2) is 6.34. The molecular formula is C16H14ClN3OS. The molecule has 0 aliphatic rings. The van der Waals surface area contributed by atoms with Crippen LogP contribution in [0.1, 0.15) is 15.2 Å². The zero-order valence-electron chi connectivity index (χ0n) is 11.9. The van der Waals surface area contributed by atoms with Crippen molar-refractivity contribution in [2.45, 2.75) is 6.54 Å². The molecule has 0 spiro atoms. The number of thiophene rings is 1. The van der Waals surface area contributed by atoms with Crippen molar-refractivity contribution in [1.82, 2.24) is 15.1 Å². The van der Waals surface area contributed by atoms with Gasteiger partial charge in [0.25, 0.3) is 5.91 Å². The van der Waals surface area contributed by atoms with Crippen LogP contribution in [0.2, 0.25) is 4.34 Å². The van der Waals surface area contributed by atoms with Gasteiger partial charge in [0, 0.05) is 17.5 Å². The van der Waals surface area contributed by atoms with Gasteiger partial charge in [0.15, 0.2) is 0 Å². The van der Waals surface area contributed by atoms with Crippen LogP contribution in [0.15, 0.2) is 48.7 Å². The minimum absolute atomic E-state index is 0.0721. The van der Waals surface area contributed by atoms with E-state index in [2.05, 4.69) is 10.2 Å². The van der Waals surface area contributed by atoms with E-state index in [1.165, 1.54) is 11.3 Å². The van der Waals surface area contributed by atoms with Crippen LogP contribution >= 0.6 is 22.9 Å². The van der Waals surface area contributed by atoms with Crippen LogP contribution in [-0.2, 0) is 6.54 Å². The Kier molecular flexibility index (Phi) is 4.27. The quantitative estimate of drug-likeness (QED) is 0.783. The van der Waals surface area contributed by atoms with Gasteiger partial charge in [-0.05, 0) is 12.1 Å². The van der Waals surface area contributed by atoms with E-state index >= 15 is 0 Å². The third-order valence-corrected chi connectivity index (χ3v) is 4.52. The average molecular weight is 332 g/mol. The largest absolute Gasteiger partial charge is 0.336 e. The topological polar surface area (TPSA) is 49.0 Å². The Labute approximate surface area is 137 Å². The van der Waals surface area contributed by atoms with Crippen molar-refractivity contribution in [3.05, 3.63) is 63.4 Å². The molecule has 112 valence electrons. The molecule has 22 heavy (non-hydrogen) atoms. The molecule has 2 heterocycles. The molecule has 1 amide bonds. The number of carbonyl (C=O) groups excluding carboxylic acids is 1. The number of aromatic amines is 1. The number of rotatable bonds is 4. The lowest BCUT2D eigenvalue weighted by atomic mass is 10.1. The Morgan fingerprint density at radius 3 is 2.73 bits per heavy atom. The zero-order valence-corrected chi connectivity index (χ0v) is 13.5. The lowest BCUT2D eigenvalue weighted by Crippen LogP contribution is -2.25. The summed E-state index contributed by atoms with van der Waals surface area (Å²) < 4.78 is 0.726. The molecule has 2 aromatic heterocycles. The minimum atomic E-state index is -0.0721. The third kappa shape index (κ3) is 3.05. The molecule has 1 aromatic carbocycles. The Morgan fingerprint density at radius 2 is 2.05 bits per heavy atom. The molecule has 6 heteroatoms. The maximum Gasteiger partial charge on any atom is 0.257 e. The fraction of sp³-hybridized carbons (Fsp3) is 0.125. The Bertz CT molecular complexity index is 782. The fourth-order valence-corrected chi connectivity index (χ4v) is 3.36.